The van der Waals surface area contributed by atoms with Crippen molar-refractivity contribution >= 4 is 50.8 Å². The summed E-state index contributed by atoms with van der Waals surface area (Å²) < 4.78 is 1.57. The number of hydrogen-bond acceptors (Lipinski definition) is 7. The van der Waals surface area contributed by atoms with Gasteiger partial charge >= 0.3 is 0 Å². The van der Waals surface area contributed by atoms with Crippen LogP contribution in [0.2, 0.25) is 0 Å². The second-order valence-corrected chi connectivity index (χ2v) is 7.30. The fourth-order valence-electron chi connectivity index (χ4n) is 3.35. The number of hydrogen-bond donors (Lipinski definition) is 1. The molecule has 2 aliphatic rings. The third-order valence-corrected chi connectivity index (χ3v) is 5.68. The first kappa shape index (κ1) is 15.3. The zero-order valence-corrected chi connectivity index (χ0v) is 14.7. The molecule has 2 aliphatic heterocycles. The first-order valence-corrected chi connectivity index (χ1v) is 9.32. The van der Waals surface area contributed by atoms with E-state index in [0.717, 1.165) is 47.9 Å². The van der Waals surface area contributed by atoms with E-state index in [2.05, 4.69) is 20.0 Å². The molecule has 0 bridgehead atoms. The molecule has 1 saturated heterocycles. The normalized spacial score (nSPS) is 17.5. The molecule has 0 spiro atoms. The summed E-state index contributed by atoms with van der Waals surface area (Å²) in [7, 11) is 0. The van der Waals surface area contributed by atoms with E-state index >= 15 is 0 Å². The average Bonchev–Trinajstić information content (AvgIpc) is 3.37. The van der Waals surface area contributed by atoms with E-state index in [0.29, 0.717) is 16.3 Å². The van der Waals surface area contributed by atoms with Gasteiger partial charge in [-0.2, -0.15) is 9.50 Å². The molecule has 2 aromatic heterocycles. The molecule has 130 valence electrons. The summed E-state index contributed by atoms with van der Waals surface area (Å²) in [6, 6.07) is 7.79. The minimum atomic E-state index is -0.343. The highest BCUT2D eigenvalue weighted by Crippen LogP contribution is 2.33. The highest BCUT2D eigenvalue weighted by molar-refractivity contribution is 7.20. The molecular formula is C18H16N6OS. The van der Waals surface area contributed by atoms with Gasteiger partial charge < -0.3 is 10.6 Å². The van der Waals surface area contributed by atoms with Gasteiger partial charge in [0.2, 0.25) is 10.1 Å². The Morgan fingerprint density at radius 1 is 1.19 bits per heavy atom. The lowest BCUT2D eigenvalue weighted by atomic mass is 10.1. The standard InChI is InChI=1S/C18H16N6OS/c19-15-13(9-11-10-20-14-6-2-1-5-12(11)14)16(25)21-17-24(15)22-18(26-17)23-7-3-4-8-23/h1-2,5-6,9-10H,3-4,7-8,19H2/b11-9+. The van der Waals surface area contributed by atoms with Gasteiger partial charge in [-0.25, -0.2) is 0 Å². The van der Waals surface area contributed by atoms with Crippen LogP contribution < -0.4 is 16.2 Å². The molecule has 2 N–H and O–H groups in total. The summed E-state index contributed by atoms with van der Waals surface area (Å²) >= 11 is 1.40. The predicted octanol–water partition coefficient (Wildman–Crippen LogP) is 2.59. The third-order valence-electron chi connectivity index (χ3n) is 4.72. The van der Waals surface area contributed by atoms with E-state index in [1.54, 1.807) is 16.8 Å². The fraction of sp³-hybridized carbons (Fsp3) is 0.222. The maximum Gasteiger partial charge on any atom is 0.283 e. The second-order valence-electron chi connectivity index (χ2n) is 6.36. The molecule has 0 radical (unpaired) electrons. The quantitative estimate of drug-likeness (QED) is 0.755. The SMILES string of the molecule is Nc1c(/C=C2\C=Nc3ccccc32)c(=O)nc2sc(N3CCCC3)nn12. The van der Waals surface area contributed by atoms with Crippen LogP contribution >= 0.6 is 11.3 Å². The van der Waals surface area contributed by atoms with Crippen molar-refractivity contribution in [1.29, 1.82) is 0 Å². The van der Waals surface area contributed by atoms with Crippen molar-refractivity contribution in [3.05, 3.63) is 45.7 Å². The van der Waals surface area contributed by atoms with Crippen molar-refractivity contribution in [2.24, 2.45) is 4.99 Å². The molecular weight excluding hydrogens is 348 g/mol. The van der Waals surface area contributed by atoms with Crippen LogP contribution in [-0.2, 0) is 0 Å². The van der Waals surface area contributed by atoms with Gasteiger partial charge in [0.1, 0.15) is 5.82 Å². The Bertz CT molecular complexity index is 1140. The number of benzene rings is 1. The number of nitrogens with two attached hydrogens (primary N) is 1. The Balaban J connectivity index is 1.64. The Morgan fingerprint density at radius 3 is 2.85 bits per heavy atom. The van der Waals surface area contributed by atoms with Crippen LogP contribution in [-0.4, -0.2) is 33.9 Å². The Hall–Kier alpha value is -3.00. The lowest BCUT2D eigenvalue weighted by Crippen LogP contribution is -2.18. The third kappa shape index (κ3) is 2.33. The number of fused-ring (bicyclic) bond motifs is 2. The molecule has 0 saturated carbocycles. The molecule has 1 fully saturated rings. The Labute approximate surface area is 153 Å². The largest absolute Gasteiger partial charge is 0.383 e. The molecule has 26 heavy (non-hydrogen) atoms. The van der Waals surface area contributed by atoms with Gasteiger partial charge in [0.05, 0.1) is 11.3 Å². The maximum absolute atomic E-state index is 12.6. The Kier molecular flexibility index (Phi) is 3.39. The topological polar surface area (TPSA) is 88.9 Å². The minimum absolute atomic E-state index is 0.312. The molecule has 0 atom stereocenters. The van der Waals surface area contributed by atoms with Crippen molar-refractivity contribution in [3.63, 3.8) is 0 Å². The second kappa shape index (κ2) is 5.77. The summed E-state index contributed by atoms with van der Waals surface area (Å²) in [6.07, 6.45) is 5.81. The highest BCUT2D eigenvalue weighted by atomic mass is 32.1. The predicted molar refractivity (Wildman–Crippen MR) is 105 cm³/mol. The lowest BCUT2D eigenvalue weighted by molar-refractivity contribution is 0.883. The molecule has 0 amide bonds. The highest BCUT2D eigenvalue weighted by Gasteiger charge is 2.20. The van der Waals surface area contributed by atoms with Gasteiger partial charge in [-0.3, -0.25) is 9.79 Å². The number of nitrogen functional groups attached to an aromatic ring is 1. The van der Waals surface area contributed by atoms with E-state index < -0.39 is 0 Å². The number of nitrogens with zero attached hydrogens (tertiary/aromatic N) is 5. The van der Waals surface area contributed by atoms with Gasteiger partial charge in [-0.1, -0.05) is 29.5 Å². The summed E-state index contributed by atoms with van der Waals surface area (Å²) in [5.74, 6) is 0.312. The number of aliphatic imine (C=N–C) groups is 1. The summed E-state index contributed by atoms with van der Waals surface area (Å²) in [4.78, 5) is 23.9. The smallest absolute Gasteiger partial charge is 0.283 e. The van der Waals surface area contributed by atoms with Gasteiger partial charge in [0.25, 0.3) is 5.56 Å². The number of rotatable bonds is 2. The van der Waals surface area contributed by atoms with Crippen LogP contribution in [0.1, 0.15) is 24.0 Å². The van der Waals surface area contributed by atoms with Crippen LogP contribution in [0.3, 0.4) is 0 Å². The van der Waals surface area contributed by atoms with E-state index in [-0.39, 0.29) is 5.56 Å². The first-order chi connectivity index (χ1) is 12.7. The first-order valence-electron chi connectivity index (χ1n) is 8.50. The van der Waals surface area contributed by atoms with Crippen molar-refractivity contribution in [1.82, 2.24) is 14.6 Å². The monoisotopic (exact) mass is 364 g/mol. The van der Waals surface area contributed by atoms with Gasteiger partial charge in [-0.05, 0) is 25.0 Å². The van der Waals surface area contributed by atoms with Crippen molar-refractivity contribution in [2.45, 2.75) is 12.8 Å². The molecule has 8 heteroatoms. The number of para-hydroxylation sites is 1. The van der Waals surface area contributed by atoms with E-state index in [1.807, 2.05) is 24.3 Å². The van der Waals surface area contributed by atoms with E-state index in [1.165, 1.54) is 11.3 Å². The van der Waals surface area contributed by atoms with Gasteiger partial charge in [0.15, 0.2) is 0 Å². The number of allylic oxidation sites excluding steroid dienone is 1. The summed E-state index contributed by atoms with van der Waals surface area (Å²) in [5.41, 5.74) is 9.01. The molecule has 0 aliphatic carbocycles. The fourth-order valence-corrected chi connectivity index (χ4v) is 4.30. The molecule has 0 unspecified atom stereocenters. The van der Waals surface area contributed by atoms with E-state index in [9.17, 15) is 4.79 Å². The van der Waals surface area contributed by atoms with Gasteiger partial charge in [-0.15, -0.1) is 5.10 Å². The average molecular weight is 364 g/mol. The summed E-state index contributed by atoms with van der Waals surface area (Å²) in [5, 5.41) is 5.45. The number of anilines is 2. The molecule has 1 aromatic carbocycles. The molecule has 3 aromatic rings. The van der Waals surface area contributed by atoms with Crippen LogP contribution in [0.15, 0.2) is 34.1 Å². The zero-order chi connectivity index (χ0) is 17.7. The zero-order valence-electron chi connectivity index (χ0n) is 13.9. The molecule has 5 rings (SSSR count). The minimum Gasteiger partial charge on any atom is -0.383 e. The molecule has 4 heterocycles. The maximum atomic E-state index is 12.6. The van der Waals surface area contributed by atoms with Gasteiger partial charge in [0, 0.05) is 30.4 Å². The van der Waals surface area contributed by atoms with Crippen molar-refractivity contribution in [2.75, 3.05) is 23.7 Å². The Morgan fingerprint density at radius 2 is 2.00 bits per heavy atom. The van der Waals surface area contributed by atoms with Crippen LogP contribution in [0, 0.1) is 0 Å². The van der Waals surface area contributed by atoms with Crippen LogP contribution in [0.4, 0.5) is 16.6 Å². The summed E-state index contributed by atoms with van der Waals surface area (Å²) in [6.45, 7) is 1.96. The number of aromatic nitrogens is 3. The van der Waals surface area contributed by atoms with Crippen molar-refractivity contribution < 1.29 is 0 Å². The van der Waals surface area contributed by atoms with Crippen LogP contribution in [0.25, 0.3) is 16.6 Å². The van der Waals surface area contributed by atoms with Crippen molar-refractivity contribution in [3.8, 4) is 0 Å². The van der Waals surface area contributed by atoms with Crippen LogP contribution in [0.5, 0.6) is 0 Å². The molecule has 7 nitrogen and oxygen atoms in total. The van der Waals surface area contributed by atoms with E-state index in [4.69, 9.17) is 5.73 Å². The lowest BCUT2D eigenvalue weighted by Gasteiger charge is -2.11.